The van der Waals surface area contributed by atoms with Crippen molar-refractivity contribution in [1.82, 2.24) is 10.4 Å². The average Bonchev–Trinajstić information content (AvgIpc) is 2.06. The number of nitrogens with zero attached hydrogens (tertiary/aromatic N) is 1. The molecule has 1 rings (SSSR count). The molecule has 0 aliphatic rings. The van der Waals surface area contributed by atoms with Gasteiger partial charge in [-0.25, -0.2) is 4.39 Å². The summed E-state index contributed by atoms with van der Waals surface area (Å²) in [5.74, 6) is 5.07. The molecule has 0 saturated heterocycles. The number of aromatic nitrogens is 1. The van der Waals surface area contributed by atoms with E-state index < -0.39 is 6.67 Å². The van der Waals surface area contributed by atoms with Crippen molar-refractivity contribution in [3.63, 3.8) is 0 Å². The van der Waals surface area contributed by atoms with Crippen LogP contribution in [0.5, 0.6) is 0 Å². The molecule has 1 heterocycles. The van der Waals surface area contributed by atoms with Gasteiger partial charge in [-0.3, -0.25) is 16.3 Å². The second-order valence-corrected chi connectivity index (χ2v) is 2.13. The molecule has 0 aliphatic carbocycles. The summed E-state index contributed by atoms with van der Waals surface area (Å²) in [5.41, 5.74) is 3.65. The molecule has 0 amide bonds. The van der Waals surface area contributed by atoms with E-state index in [9.17, 15) is 4.39 Å². The van der Waals surface area contributed by atoms with Gasteiger partial charge < -0.3 is 0 Å². The van der Waals surface area contributed by atoms with Crippen molar-refractivity contribution >= 4 is 0 Å². The third-order valence-electron chi connectivity index (χ3n) is 1.28. The van der Waals surface area contributed by atoms with Gasteiger partial charge in [-0.2, -0.15) is 0 Å². The second kappa shape index (κ2) is 4.00. The number of hydrazine groups is 1. The van der Waals surface area contributed by atoms with E-state index in [1.807, 2.05) is 0 Å². The Bertz CT molecular complexity index is 227. The predicted octanol–water partition coefficient (Wildman–Crippen LogP) is 0.514. The van der Waals surface area contributed by atoms with Gasteiger partial charge in [-0.05, 0) is 12.1 Å². The Morgan fingerprint density at radius 2 is 2.18 bits per heavy atom. The summed E-state index contributed by atoms with van der Waals surface area (Å²) < 4.78 is 12.0. The molecule has 0 atom stereocenters. The topological polar surface area (TPSA) is 50.9 Å². The van der Waals surface area contributed by atoms with Gasteiger partial charge in [0.15, 0.2) is 0 Å². The van der Waals surface area contributed by atoms with Gasteiger partial charge >= 0.3 is 0 Å². The molecule has 0 bridgehead atoms. The van der Waals surface area contributed by atoms with E-state index >= 15 is 0 Å². The monoisotopic (exact) mass is 155 g/mol. The van der Waals surface area contributed by atoms with E-state index in [0.717, 1.165) is 5.69 Å². The summed E-state index contributed by atoms with van der Waals surface area (Å²) in [7, 11) is 0. The van der Waals surface area contributed by atoms with Crippen LogP contribution >= 0.6 is 0 Å². The smallest absolute Gasteiger partial charge is 0.131 e. The Morgan fingerprint density at radius 1 is 1.45 bits per heavy atom. The van der Waals surface area contributed by atoms with Crippen molar-refractivity contribution in [2.45, 2.75) is 13.2 Å². The number of alkyl halides is 1. The Balaban J connectivity index is 2.74. The molecule has 3 N–H and O–H groups in total. The van der Waals surface area contributed by atoms with E-state index in [1.54, 1.807) is 18.2 Å². The van der Waals surface area contributed by atoms with Crippen LogP contribution in [0.25, 0.3) is 0 Å². The first-order valence-corrected chi connectivity index (χ1v) is 3.31. The van der Waals surface area contributed by atoms with Gasteiger partial charge in [-0.15, -0.1) is 0 Å². The largest absolute Gasteiger partial charge is 0.271 e. The van der Waals surface area contributed by atoms with E-state index in [-0.39, 0.29) is 0 Å². The Labute approximate surface area is 64.4 Å². The molecule has 11 heavy (non-hydrogen) atoms. The van der Waals surface area contributed by atoms with Gasteiger partial charge in [0, 0.05) is 0 Å². The fraction of sp³-hybridized carbons (Fsp3) is 0.286. The highest BCUT2D eigenvalue weighted by molar-refractivity contribution is 5.10. The summed E-state index contributed by atoms with van der Waals surface area (Å²) in [5, 5.41) is 0. The van der Waals surface area contributed by atoms with Crippen molar-refractivity contribution in [1.29, 1.82) is 0 Å². The Hall–Kier alpha value is -1.00. The summed E-state index contributed by atoms with van der Waals surface area (Å²) in [6.45, 7) is -0.0632. The molecule has 60 valence electrons. The first kappa shape index (κ1) is 8.10. The average molecular weight is 155 g/mol. The SMILES string of the molecule is NNCc1cccc(CF)n1. The number of nitrogens with one attached hydrogen (secondary N) is 1. The highest BCUT2D eigenvalue weighted by atomic mass is 19.1. The van der Waals surface area contributed by atoms with Crippen LogP contribution in [-0.4, -0.2) is 4.98 Å². The maximum absolute atomic E-state index is 12.0. The number of hydrogen-bond acceptors (Lipinski definition) is 3. The van der Waals surface area contributed by atoms with E-state index in [2.05, 4.69) is 10.4 Å². The first-order chi connectivity index (χ1) is 5.36. The van der Waals surface area contributed by atoms with Crippen LogP contribution in [0.4, 0.5) is 4.39 Å². The quantitative estimate of drug-likeness (QED) is 0.494. The van der Waals surface area contributed by atoms with E-state index in [0.29, 0.717) is 12.2 Å². The summed E-state index contributed by atoms with van der Waals surface area (Å²) >= 11 is 0. The van der Waals surface area contributed by atoms with Gasteiger partial charge in [0.2, 0.25) is 0 Å². The summed E-state index contributed by atoms with van der Waals surface area (Å²) in [6, 6.07) is 5.19. The second-order valence-electron chi connectivity index (χ2n) is 2.13. The third-order valence-corrected chi connectivity index (χ3v) is 1.28. The molecule has 0 radical (unpaired) electrons. The minimum Gasteiger partial charge on any atom is -0.271 e. The van der Waals surface area contributed by atoms with Gasteiger partial charge in [-0.1, -0.05) is 6.07 Å². The number of pyridine rings is 1. The van der Waals surface area contributed by atoms with Gasteiger partial charge in [0.05, 0.1) is 17.9 Å². The van der Waals surface area contributed by atoms with Crippen molar-refractivity contribution in [3.05, 3.63) is 29.6 Å². The molecular formula is C7H10FN3. The minimum atomic E-state index is -0.529. The summed E-state index contributed by atoms with van der Waals surface area (Å²) in [6.07, 6.45) is 0. The molecule has 0 aliphatic heterocycles. The molecule has 0 spiro atoms. The van der Waals surface area contributed by atoms with Crippen molar-refractivity contribution in [3.8, 4) is 0 Å². The maximum Gasteiger partial charge on any atom is 0.131 e. The number of hydrogen-bond donors (Lipinski definition) is 2. The number of halogens is 1. The number of nitrogens with two attached hydrogens (primary N) is 1. The zero-order chi connectivity index (χ0) is 8.10. The predicted molar refractivity (Wildman–Crippen MR) is 40.1 cm³/mol. The minimum absolute atomic E-state index is 0.442. The third kappa shape index (κ3) is 2.25. The van der Waals surface area contributed by atoms with Gasteiger partial charge in [0.25, 0.3) is 0 Å². The fourth-order valence-electron chi connectivity index (χ4n) is 0.807. The molecule has 4 heteroatoms. The zero-order valence-electron chi connectivity index (χ0n) is 6.05. The van der Waals surface area contributed by atoms with Crippen LogP contribution in [0.2, 0.25) is 0 Å². The number of rotatable bonds is 3. The zero-order valence-corrected chi connectivity index (χ0v) is 6.05. The fourth-order valence-corrected chi connectivity index (χ4v) is 0.807. The molecular weight excluding hydrogens is 145 g/mol. The molecule has 1 aromatic rings. The van der Waals surface area contributed by atoms with Crippen LogP contribution in [0, 0.1) is 0 Å². The lowest BCUT2D eigenvalue weighted by Gasteiger charge is -1.99. The van der Waals surface area contributed by atoms with Crippen LogP contribution in [0.1, 0.15) is 11.4 Å². The first-order valence-electron chi connectivity index (χ1n) is 3.31. The Kier molecular flexibility index (Phi) is 2.95. The lowest BCUT2D eigenvalue weighted by atomic mass is 10.3. The van der Waals surface area contributed by atoms with Crippen LogP contribution in [0.15, 0.2) is 18.2 Å². The van der Waals surface area contributed by atoms with Gasteiger partial charge in [0.1, 0.15) is 6.67 Å². The van der Waals surface area contributed by atoms with Crippen LogP contribution in [0.3, 0.4) is 0 Å². The lowest BCUT2D eigenvalue weighted by molar-refractivity contribution is 0.474. The molecule has 3 nitrogen and oxygen atoms in total. The highest BCUT2D eigenvalue weighted by Gasteiger charge is 1.94. The van der Waals surface area contributed by atoms with Crippen molar-refractivity contribution < 1.29 is 4.39 Å². The van der Waals surface area contributed by atoms with E-state index in [1.165, 1.54) is 0 Å². The van der Waals surface area contributed by atoms with Crippen molar-refractivity contribution in [2.75, 3.05) is 0 Å². The molecule has 0 unspecified atom stereocenters. The van der Waals surface area contributed by atoms with Crippen molar-refractivity contribution in [2.24, 2.45) is 5.84 Å². The van der Waals surface area contributed by atoms with Crippen LogP contribution < -0.4 is 11.3 Å². The van der Waals surface area contributed by atoms with E-state index in [4.69, 9.17) is 5.84 Å². The molecule has 1 aromatic heterocycles. The molecule has 0 fully saturated rings. The summed E-state index contributed by atoms with van der Waals surface area (Å²) in [4.78, 5) is 3.96. The highest BCUT2D eigenvalue weighted by Crippen LogP contribution is 1.99. The molecule has 0 saturated carbocycles. The molecule has 0 aromatic carbocycles. The maximum atomic E-state index is 12.0. The normalized spacial score (nSPS) is 10.0. The lowest BCUT2D eigenvalue weighted by Crippen LogP contribution is -2.21. The standard InChI is InChI=1S/C7H10FN3/c8-4-6-2-1-3-7(11-6)5-10-9/h1-3,10H,4-5,9H2. The van der Waals surface area contributed by atoms with Crippen LogP contribution in [-0.2, 0) is 13.2 Å². The Morgan fingerprint density at radius 3 is 2.82 bits per heavy atom.